The number of fused-ring (bicyclic) bond motifs is 1. The van der Waals surface area contributed by atoms with Crippen LogP contribution in [0.5, 0.6) is 5.75 Å². The van der Waals surface area contributed by atoms with Crippen molar-refractivity contribution in [1.82, 2.24) is 0 Å². The Kier molecular flexibility index (Phi) is 7.77. The molecule has 1 aliphatic heterocycles. The monoisotopic (exact) mass is 490 g/mol. The number of nitrogens with one attached hydrogen (secondary N) is 2. The van der Waals surface area contributed by atoms with Gasteiger partial charge in [-0.25, -0.2) is 0 Å². The maximum atomic E-state index is 7.60. The van der Waals surface area contributed by atoms with Crippen LogP contribution in [0.2, 0.25) is 0 Å². The van der Waals surface area contributed by atoms with E-state index in [0.717, 1.165) is 43.4 Å². The van der Waals surface area contributed by atoms with Gasteiger partial charge in [-0.1, -0.05) is 0 Å². The molecule has 4 rings (SSSR count). The van der Waals surface area contributed by atoms with Gasteiger partial charge < -0.3 is 0 Å². The van der Waals surface area contributed by atoms with Crippen molar-refractivity contribution in [3.05, 3.63) is 64.0 Å². The van der Waals surface area contributed by atoms with Gasteiger partial charge in [0.05, 0.1) is 0 Å². The fourth-order valence-electron chi connectivity index (χ4n) is 4.98. The van der Waals surface area contributed by atoms with Gasteiger partial charge >= 0.3 is 213 Å². The van der Waals surface area contributed by atoms with Crippen LogP contribution in [0.25, 0.3) is 10.1 Å². The topological polar surface area (TPSA) is 84.6 Å². The Morgan fingerprint density at radius 3 is 2.51 bits per heavy atom. The Labute approximate surface area is 212 Å². The predicted molar refractivity (Wildman–Crippen MR) is 141 cm³/mol. The van der Waals surface area contributed by atoms with Crippen LogP contribution < -0.4 is 4.74 Å². The third kappa shape index (κ3) is 4.94. The Morgan fingerprint density at radius 2 is 1.86 bits per heavy atom. The van der Waals surface area contributed by atoms with Gasteiger partial charge in [0, 0.05) is 0 Å². The standard InChI is InChI=1S/C26H32B2N2O4S/c1-6-17-13-21(33-27-29)25(34-28-30)24(32-17)18-14-19(20(31-5)11-15(18)2)26(3,4)23-12-16-9-7-8-10-22(16)35-23/h7-12,14,17,21,24-25,29-30H,6,13H2,1-5H3/t17-,21+,24+,25-/m1/s1. The number of hydrogen-bond acceptors (Lipinski definition) is 7. The molecule has 4 atom stereocenters. The van der Waals surface area contributed by atoms with Crippen LogP contribution in [0, 0.1) is 17.5 Å². The summed E-state index contributed by atoms with van der Waals surface area (Å²) in [6.45, 7) is 8.56. The van der Waals surface area contributed by atoms with E-state index >= 15 is 0 Å². The summed E-state index contributed by atoms with van der Waals surface area (Å²) < 4.78 is 25.0. The molecule has 0 radical (unpaired) electrons. The second-order valence-electron chi connectivity index (χ2n) is 9.52. The molecule has 0 amide bonds. The molecule has 0 aliphatic carbocycles. The fraction of sp³-hybridized carbons (Fsp3) is 0.462. The minimum atomic E-state index is -0.538. The van der Waals surface area contributed by atoms with Crippen molar-refractivity contribution in [3.63, 3.8) is 0 Å². The molecule has 35 heavy (non-hydrogen) atoms. The van der Waals surface area contributed by atoms with E-state index < -0.39 is 12.2 Å². The average molecular weight is 490 g/mol. The second-order valence-corrected chi connectivity index (χ2v) is 10.6. The first kappa shape index (κ1) is 25.6. The van der Waals surface area contributed by atoms with Gasteiger partial charge in [-0.15, -0.1) is 0 Å². The van der Waals surface area contributed by atoms with Crippen LogP contribution in [0.4, 0.5) is 0 Å². The summed E-state index contributed by atoms with van der Waals surface area (Å²) in [5, 5.41) is 16.3. The third-order valence-electron chi connectivity index (χ3n) is 7.03. The molecule has 9 heteroatoms. The van der Waals surface area contributed by atoms with Crippen LogP contribution >= 0.6 is 11.3 Å². The normalized spacial score (nSPS) is 22.3. The number of aryl methyl sites for hydroxylation is 1. The molecule has 0 unspecified atom stereocenters. The number of methoxy groups -OCH3 is 1. The molecule has 0 saturated carbocycles. The summed E-state index contributed by atoms with van der Waals surface area (Å²) in [5.41, 5.74) is 2.75. The van der Waals surface area contributed by atoms with Crippen LogP contribution in [-0.4, -0.2) is 40.0 Å². The molecule has 2 aromatic carbocycles. The Morgan fingerprint density at radius 1 is 1.11 bits per heavy atom. The molecule has 1 aliphatic rings. The quantitative estimate of drug-likeness (QED) is 0.344. The SMILES string of the molecule is CC[C@@H]1C[C@H](OB=N)[C@@H](OB=N)[C@H](c2cc(C(C)(C)c3cc4ccccc4s3)c(OC)cc2C)O1. The molecular formula is C26H32B2N2O4S. The van der Waals surface area contributed by atoms with Gasteiger partial charge in [-0.3, -0.25) is 0 Å². The van der Waals surface area contributed by atoms with Gasteiger partial charge in [0.15, 0.2) is 0 Å². The van der Waals surface area contributed by atoms with Crippen molar-refractivity contribution in [2.24, 2.45) is 0 Å². The van der Waals surface area contributed by atoms with E-state index in [1.807, 2.05) is 6.92 Å². The van der Waals surface area contributed by atoms with E-state index in [0.29, 0.717) is 6.42 Å². The maximum absolute atomic E-state index is 7.60. The molecule has 2 heterocycles. The van der Waals surface area contributed by atoms with Crippen molar-refractivity contribution in [2.45, 2.75) is 70.4 Å². The van der Waals surface area contributed by atoms with Crippen molar-refractivity contribution in [3.8, 4) is 5.75 Å². The summed E-state index contributed by atoms with van der Waals surface area (Å²) in [5.74, 6) is 0.827. The average Bonchev–Trinajstić information content (AvgIpc) is 3.30. The zero-order valence-corrected chi connectivity index (χ0v) is 21.8. The molecule has 1 fully saturated rings. The summed E-state index contributed by atoms with van der Waals surface area (Å²) in [6.07, 6.45) is 0.0406. The van der Waals surface area contributed by atoms with Crippen LogP contribution in [0.1, 0.15) is 61.3 Å². The first-order chi connectivity index (χ1) is 16.8. The van der Waals surface area contributed by atoms with Crippen LogP contribution in [0.15, 0.2) is 42.5 Å². The van der Waals surface area contributed by atoms with Gasteiger partial charge in [-0.05, 0) is 0 Å². The van der Waals surface area contributed by atoms with Crippen LogP contribution in [0.3, 0.4) is 0 Å². The Bertz CT molecular complexity index is 1180. The number of benzene rings is 2. The van der Waals surface area contributed by atoms with E-state index in [1.54, 1.807) is 18.4 Å². The van der Waals surface area contributed by atoms with Crippen molar-refractivity contribution >= 4 is 36.0 Å². The predicted octanol–water partition coefficient (Wildman–Crippen LogP) is 6.32. The zero-order chi connectivity index (χ0) is 25.2. The molecule has 1 saturated heterocycles. The number of rotatable bonds is 9. The number of thiophene rings is 1. The molecule has 182 valence electrons. The summed E-state index contributed by atoms with van der Waals surface area (Å²) in [7, 11) is 3.60. The van der Waals surface area contributed by atoms with Gasteiger partial charge in [-0.2, -0.15) is 0 Å². The summed E-state index contributed by atoms with van der Waals surface area (Å²) >= 11 is 1.80. The van der Waals surface area contributed by atoms with Crippen LogP contribution in [-0.2, 0) is 19.5 Å². The van der Waals surface area contributed by atoms with E-state index in [4.69, 9.17) is 29.4 Å². The molecule has 1 aromatic heterocycles. The third-order valence-corrected chi connectivity index (χ3v) is 8.47. The Hall–Kier alpha value is -2.51. The van der Waals surface area contributed by atoms with E-state index in [-0.39, 0.29) is 17.6 Å². The summed E-state index contributed by atoms with van der Waals surface area (Å²) in [4.78, 5) is 1.25. The van der Waals surface area contributed by atoms with Gasteiger partial charge in [0.25, 0.3) is 0 Å². The molecular weight excluding hydrogens is 458 g/mol. The van der Waals surface area contributed by atoms with E-state index in [9.17, 15) is 0 Å². The molecule has 6 nitrogen and oxygen atoms in total. The van der Waals surface area contributed by atoms with Crippen molar-refractivity contribution < 1.29 is 18.8 Å². The van der Waals surface area contributed by atoms with Gasteiger partial charge in [0.2, 0.25) is 0 Å². The Balaban J connectivity index is 1.83. The first-order valence-electron chi connectivity index (χ1n) is 12.0. The second kappa shape index (κ2) is 10.6. The van der Waals surface area contributed by atoms with E-state index in [1.165, 1.54) is 15.0 Å². The zero-order valence-electron chi connectivity index (χ0n) is 21.0. The minimum absolute atomic E-state index is 0.0314. The summed E-state index contributed by atoms with van der Waals surface area (Å²) in [6, 6.07) is 14.9. The van der Waals surface area contributed by atoms with Gasteiger partial charge in [0.1, 0.15) is 0 Å². The number of hydrogen-bond donors (Lipinski definition) is 2. The molecule has 2 N–H and O–H groups in total. The van der Waals surface area contributed by atoms with Crippen molar-refractivity contribution in [2.75, 3.05) is 7.11 Å². The van der Waals surface area contributed by atoms with Crippen molar-refractivity contribution in [1.29, 1.82) is 10.6 Å². The molecule has 0 spiro atoms. The first-order valence-corrected chi connectivity index (χ1v) is 12.8. The number of ether oxygens (including phenoxy) is 2. The molecule has 0 bridgehead atoms. The fourth-order valence-corrected chi connectivity index (χ4v) is 6.16. The molecule has 3 aromatic rings. The van der Waals surface area contributed by atoms with E-state index in [2.05, 4.69) is 63.2 Å².